The Morgan fingerprint density at radius 2 is 1.91 bits per heavy atom. The molecule has 1 saturated carbocycles. The van der Waals surface area contributed by atoms with E-state index in [0.29, 0.717) is 24.1 Å². The van der Waals surface area contributed by atoms with Gasteiger partial charge < -0.3 is 14.8 Å². The zero-order valence-electron chi connectivity index (χ0n) is 13.8. The van der Waals surface area contributed by atoms with Gasteiger partial charge in [-0.1, -0.05) is 25.7 Å². The Kier molecular flexibility index (Phi) is 4.73. The molecule has 0 aromatic carbocycles. The largest absolute Gasteiger partial charge is 0.348 e. The predicted octanol–water partition coefficient (Wildman–Crippen LogP) is 1.97. The smallest absolute Gasteiger partial charge is 0.242 e. The van der Waals surface area contributed by atoms with Crippen LogP contribution in [-0.4, -0.2) is 57.4 Å². The van der Waals surface area contributed by atoms with Gasteiger partial charge in [0.05, 0.1) is 12.9 Å². The number of imidazole rings is 1. The van der Waals surface area contributed by atoms with Crippen LogP contribution in [-0.2, 0) is 4.79 Å². The molecule has 3 rings (SSSR count). The summed E-state index contributed by atoms with van der Waals surface area (Å²) in [4.78, 5) is 32.0. The van der Waals surface area contributed by atoms with Crippen molar-refractivity contribution in [2.24, 2.45) is 0 Å². The highest BCUT2D eigenvalue weighted by Gasteiger charge is 2.23. The number of hydrogen-bond acceptors (Lipinski definition) is 5. The van der Waals surface area contributed by atoms with E-state index >= 15 is 0 Å². The number of rotatable bonds is 4. The molecule has 1 aliphatic carbocycles. The van der Waals surface area contributed by atoms with Gasteiger partial charge in [-0.05, 0) is 12.8 Å². The number of nitrogens with one attached hydrogen (secondary N) is 1. The molecule has 23 heavy (non-hydrogen) atoms. The van der Waals surface area contributed by atoms with E-state index < -0.39 is 0 Å². The van der Waals surface area contributed by atoms with E-state index in [1.54, 1.807) is 6.33 Å². The Hall–Kier alpha value is -2.18. The van der Waals surface area contributed by atoms with Crippen LogP contribution in [0.25, 0.3) is 11.2 Å². The van der Waals surface area contributed by atoms with Crippen LogP contribution in [0.3, 0.4) is 0 Å². The van der Waals surface area contributed by atoms with Gasteiger partial charge in [0.15, 0.2) is 11.5 Å². The molecule has 7 heteroatoms. The van der Waals surface area contributed by atoms with E-state index in [1.165, 1.54) is 32.0 Å². The van der Waals surface area contributed by atoms with E-state index in [4.69, 9.17) is 0 Å². The minimum atomic E-state index is 0.130. The third-order valence-electron chi connectivity index (χ3n) is 4.70. The predicted molar refractivity (Wildman–Crippen MR) is 89.2 cm³/mol. The minimum absolute atomic E-state index is 0.130. The van der Waals surface area contributed by atoms with Crippen LogP contribution in [0, 0.1) is 0 Å². The summed E-state index contributed by atoms with van der Waals surface area (Å²) in [5.74, 6) is 0.834. The van der Waals surface area contributed by atoms with Crippen molar-refractivity contribution in [2.75, 3.05) is 25.5 Å². The Balaban J connectivity index is 1.68. The fourth-order valence-corrected chi connectivity index (χ4v) is 3.28. The lowest BCUT2D eigenvalue weighted by Crippen LogP contribution is -2.42. The third-order valence-corrected chi connectivity index (χ3v) is 4.70. The topological polar surface area (TPSA) is 78.0 Å². The average Bonchev–Trinajstić information content (AvgIpc) is 2.87. The molecule has 0 radical (unpaired) electrons. The molecular weight excluding hydrogens is 292 g/mol. The fourth-order valence-electron chi connectivity index (χ4n) is 3.28. The van der Waals surface area contributed by atoms with E-state index in [-0.39, 0.29) is 5.91 Å². The summed E-state index contributed by atoms with van der Waals surface area (Å²) in [5.41, 5.74) is 1.38. The van der Waals surface area contributed by atoms with Crippen molar-refractivity contribution in [3.8, 4) is 0 Å². The highest BCUT2D eigenvalue weighted by atomic mass is 16.2. The van der Waals surface area contributed by atoms with Crippen LogP contribution < -0.4 is 4.90 Å². The first kappa shape index (κ1) is 15.7. The number of aromatic nitrogens is 4. The zero-order valence-corrected chi connectivity index (χ0v) is 13.8. The van der Waals surface area contributed by atoms with Gasteiger partial charge >= 0.3 is 0 Å². The Morgan fingerprint density at radius 1 is 1.17 bits per heavy atom. The lowest BCUT2D eigenvalue weighted by molar-refractivity contribution is -0.130. The Morgan fingerprint density at radius 3 is 2.65 bits per heavy atom. The van der Waals surface area contributed by atoms with Gasteiger partial charge in [0.25, 0.3) is 0 Å². The molecule has 1 aliphatic rings. The minimum Gasteiger partial charge on any atom is -0.348 e. The monoisotopic (exact) mass is 316 g/mol. The molecule has 0 unspecified atom stereocenters. The summed E-state index contributed by atoms with van der Waals surface area (Å²) in [7, 11) is 3.80. The molecule has 2 aromatic heterocycles. The quantitative estimate of drug-likeness (QED) is 0.873. The summed E-state index contributed by atoms with van der Waals surface area (Å²) >= 11 is 0. The first-order valence-corrected chi connectivity index (χ1v) is 8.27. The van der Waals surface area contributed by atoms with Crippen molar-refractivity contribution in [1.82, 2.24) is 24.8 Å². The molecule has 1 amide bonds. The number of fused-ring (bicyclic) bond motifs is 1. The highest BCUT2D eigenvalue weighted by Crippen LogP contribution is 2.22. The Bertz CT molecular complexity index is 661. The number of H-pyrrole nitrogens is 1. The maximum absolute atomic E-state index is 12.6. The van der Waals surface area contributed by atoms with Crippen LogP contribution in [0.15, 0.2) is 12.7 Å². The number of carbonyl (C=O) groups is 1. The number of anilines is 1. The zero-order chi connectivity index (χ0) is 16.2. The lowest BCUT2D eigenvalue weighted by Gasteiger charge is -2.29. The van der Waals surface area contributed by atoms with Crippen LogP contribution in [0.5, 0.6) is 0 Å². The SMILES string of the molecule is CN(CC(=O)N(C)C1CCCCCC1)c1ncnc2nc[nH]c12. The van der Waals surface area contributed by atoms with Crippen molar-refractivity contribution in [3.63, 3.8) is 0 Å². The van der Waals surface area contributed by atoms with Crippen LogP contribution in [0.4, 0.5) is 5.82 Å². The van der Waals surface area contributed by atoms with Crippen LogP contribution in [0.2, 0.25) is 0 Å². The maximum atomic E-state index is 12.6. The summed E-state index contributed by atoms with van der Waals surface area (Å²) in [6.45, 7) is 0.304. The molecule has 7 nitrogen and oxygen atoms in total. The lowest BCUT2D eigenvalue weighted by atomic mass is 10.1. The van der Waals surface area contributed by atoms with E-state index in [0.717, 1.165) is 18.4 Å². The van der Waals surface area contributed by atoms with Crippen LogP contribution >= 0.6 is 0 Å². The second-order valence-electron chi connectivity index (χ2n) is 6.30. The molecule has 124 valence electrons. The van der Waals surface area contributed by atoms with E-state index in [1.807, 2.05) is 23.9 Å². The molecule has 0 saturated heterocycles. The third kappa shape index (κ3) is 3.43. The van der Waals surface area contributed by atoms with Gasteiger partial charge in [0.1, 0.15) is 11.8 Å². The first-order chi connectivity index (χ1) is 11.2. The number of amides is 1. The van der Waals surface area contributed by atoms with E-state index in [9.17, 15) is 4.79 Å². The molecule has 0 aliphatic heterocycles. The number of carbonyl (C=O) groups excluding carboxylic acids is 1. The van der Waals surface area contributed by atoms with Crippen molar-refractivity contribution in [3.05, 3.63) is 12.7 Å². The van der Waals surface area contributed by atoms with Crippen molar-refractivity contribution in [2.45, 2.75) is 44.6 Å². The molecule has 0 spiro atoms. The molecule has 2 heterocycles. The summed E-state index contributed by atoms with van der Waals surface area (Å²) < 4.78 is 0. The second-order valence-corrected chi connectivity index (χ2v) is 6.30. The van der Waals surface area contributed by atoms with Gasteiger partial charge in [-0.25, -0.2) is 15.0 Å². The fraction of sp³-hybridized carbons (Fsp3) is 0.625. The number of hydrogen-bond donors (Lipinski definition) is 1. The standard InChI is InChI=1S/C16H24N6O/c1-21(16-14-15(18-10-17-14)19-11-20-16)9-13(23)22(2)12-7-5-3-4-6-8-12/h10-12H,3-9H2,1-2H3,(H,17,18,19,20). The molecule has 2 aromatic rings. The number of likely N-dealkylation sites (N-methyl/N-ethyl adjacent to an activating group) is 2. The molecular formula is C16H24N6O. The average molecular weight is 316 g/mol. The van der Waals surface area contributed by atoms with Crippen molar-refractivity contribution in [1.29, 1.82) is 0 Å². The molecule has 0 atom stereocenters. The number of aromatic amines is 1. The summed E-state index contributed by atoms with van der Waals surface area (Å²) in [6, 6.07) is 0.371. The van der Waals surface area contributed by atoms with Gasteiger partial charge in [-0.2, -0.15) is 0 Å². The summed E-state index contributed by atoms with van der Waals surface area (Å²) in [6.07, 6.45) is 10.3. The Labute approximate surface area is 136 Å². The molecule has 0 bridgehead atoms. The molecule has 1 fully saturated rings. The van der Waals surface area contributed by atoms with E-state index in [2.05, 4.69) is 19.9 Å². The van der Waals surface area contributed by atoms with Crippen molar-refractivity contribution < 1.29 is 4.79 Å². The maximum Gasteiger partial charge on any atom is 0.242 e. The van der Waals surface area contributed by atoms with Gasteiger partial charge in [-0.3, -0.25) is 4.79 Å². The van der Waals surface area contributed by atoms with Gasteiger partial charge in [0.2, 0.25) is 5.91 Å². The normalized spacial score (nSPS) is 16.3. The van der Waals surface area contributed by atoms with Gasteiger partial charge in [0, 0.05) is 20.1 Å². The van der Waals surface area contributed by atoms with Crippen molar-refractivity contribution >= 4 is 22.9 Å². The molecule has 1 N–H and O–H groups in total. The van der Waals surface area contributed by atoms with Gasteiger partial charge in [-0.15, -0.1) is 0 Å². The number of nitrogens with zero attached hydrogens (tertiary/aromatic N) is 5. The second kappa shape index (κ2) is 6.93. The highest BCUT2D eigenvalue weighted by molar-refractivity contribution is 5.87. The summed E-state index contributed by atoms with van der Waals surface area (Å²) in [5, 5.41) is 0. The van der Waals surface area contributed by atoms with Crippen LogP contribution in [0.1, 0.15) is 38.5 Å². The first-order valence-electron chi connectivity index (χ1n) is 8.27.